The van der Waals surface area contributed by atoms with Crippen LogP contribution in [0.5, 0.6) is 11.5 Å². The van der Waals surface area contributed by atoms with Gasteiger partial charge in [0.15, 0.2) is 18.1 Å². The zero-order valence-electron chi connectivity index (χ0n) is 13.9. The fourth-order valence-corrected chi connectivity index (χ4v) is 2.49. The topological polar surface area (TPSA) is 73.9 Å². The van der Waals surface area contributed by atoms with E-state index < -0.39 is 5.97 Å². The van der Waals surface area contributed by atoms with E-state index in [0.29, 0.717) is 18.0 Å². The smallest absolute Gasteiger partial charge is 0.310 e. The zero-order valence-corrected chi connectivity index (χ0v) is 13.9. The minimum absolute atomic E-state index is 0.150. The van der Waals surface area contributed by atoms with Crippen molar-refractivity contribution in [1.82, 2.24) is 5.32 Å². The zero-order chi connectivity index (χ0) is 17.6. The van der Waals surface area contributed by atoms with Crippen molar-refractivity contribution in [3.8, 4) is 11.5 Å². The van der Waals surface area contributed by atoms with Gasteiger partial charge in [0.25, 0.3) is 5.91 Å². The Labute approximate surface area is 145 Å². The molecular formula is C19H19NO5. The number of hydrogen-bond donors (Lipinski definition) is 1. The lowest BCUT2D eigenvalue weighted by molar-refractivity contribution is -0.147. The third-order valence-corrected chi connectivity index (χ3v) is 3.72. The van der Waals surface area contributed by atoms with Crippen LogP contribution in [0.3, 0.4) is 0 Å². The molecule has 1 aliphatic heterocycles. The Balaban J connectivity index is 1.41. The van der Waals surface area contributed by atoms with E-state index in [1.807, 2.05) is 43.3 Å². The van der Waals surface area contributed by atoms with Crippen LogP contribution in [-0.4, -0.2) is 25.3 Å². The van der Waals surface area contributed by atoms with Crippen LogP contribution in [0, 0.1) is 6.92 Å². The lowest BCUT2D eigenvalue weighted by atomic mass is 10.1. The summed E-state index contributed by atoms with van der Waals surface area (Å²) in [5.74, 6) is 0.579. The highest BCUT2D eigenvalue weighted by molar-refractivity contribution is 5.81. The second kappa shape index (κ2) is 7.70. The molecule has 0 atom stereocenters. The van der Waals surface area contributed by atoms with Gasteiger partial charge >= 0.3 is 5.97 Å². The van der Waals surface area contributed by atoms with Crippen LogP contribution in [-0.2, 0) is 27.3 Å². The number of carbonyl (C=O) groups is 2. The van der Waals surface area contributed by atoms with Gasteiger partial charge in [-0.3, -0.25) is 9.59 Å². The van der Waals surface area contributed by atoms with E-state index in [4.69, 9.17) is 14.2 Å². The van der Waals surface area contributed by atoms with Crippen molar-refractivity contribution in [2.75, 3.05) is 13.4 Å². The van der Waals surface area contributed by atoms with Crippen LogP contribution in [0.4, 0.5) is 0 Å². The van der Waals surface area contributed by atoms with E-state index in [9.17, 15) is 9.59 Å². The van der Waals surface area contributed by atoms with Crippen LogP contribution in [0.2, 0.25) is 0 Å². The van der Waals surface area contributed by atoms with E-state index >= 15 is 0 Å². The Morgan fingerprint density at radius 3 is 2.76 bits per heavy atom. The molecule has 0 aromatic heterocycles. The molecule has 1 heterocycles. The van der Waals surface area contributed by atoms with Gasteiger partial charge in [0.05, 0.1) is 6.42 Å². The average Bonchev–Trinajstić information content (AvgIpc) is 3.06. The van der Waals surface area contributed by atoms with Crippen molar-refractivity contribution >= 4 is 11.9 Å². The van der Waals surface area contributed by atoms with Crippen molar-refractivity contribution < 1.29 is 23.8 Å². The van der Waals surface area contributed by atoms with Crippen molar-refractivity contribution in [2.24, 2.45) is 0 Å². The summed E-state index contributed by atoms with van der Waals surface area (Å²) >= 11 is 0. The number of rotatable bonds is 6. The molecule has 6 nitrogen and oxygen atoms in total. The molecule has 3 rings (SSSR count). The number of esters is 1. The number of hydrogen-bond acceptors (Lipinski definition) is 5. The molecule has 0 fully saturated rings. The van der Waals surface area contributed by atoms with Gasteiger partial charge in [-0.15, -0.1) is 0 Å². The van der Waals surface area contributed by atoms with Crippen LogP contribution in [0.1, 0.15) is 16.7 Å². The summed E-state index contributed by atoms with van der Waals surface area (Å²) in [5, 5.41) is 2.71. The minimum atomic E-state index is -0.427. The molecule has 130 valence electrons. The highest BCUT2D eigenvalue weighted by Gasteiger charge is 2.14. The molecule has 1 N–H and O–H groups in total. The summed E-state index contributed by atoms with van der Waals surface area (Å²) in [6.45, 7) is 2.19. The SMILES string of the molecule is Cc1cccc(CC(=O)OCC(=O)NCc2ccc3c(c2)OCO3)c1. The number of fused-ring (bicyclic) bond motifs is 1. The van der Waals surface area contributed by atoms with E-state index in [-0.39, 0.29) is 25.7 Å². The Morgan fingerprint density at radius 2 is 1.92 bits per heavy atom. The summed E-state index contributed by atoms with van der Waals surface area (Å²) < 4.78 is 15.5. The number of ether oxygens (including phenoxy) is 3. The summed E-state index contributed by atoms with van der Waals surface area (Å²) in [7, 11) is 0. The van der Waals surface area contributed by atoms with E-state index in [2.05, 4.69) is 5.32 Å². The number of aryl methyl sites for hydroxylation is 1. The van der Waals surface area contributed by atoms with Gasteiger partial charge in [0.2, 0.25) is 6.79 Å². The molecule has 25 heavy (non-hydrogen) atoms. The van der Waals surface area contributed by atoms with E-state index in [1.54, 1.807) is 6.07 Å². The summed E-state index contributed by atoms with van der Waals surface area (Å²) in [5.41, 5.74) is 2.82. The van der Waals surface area contributed by atoms with Gasteiger partial charge in [-0.2, -0.15) is 0 Å². The Hall–Kier alpha value is -3.02. The first-order valence-electron chi connectivity index (χ1n) is 7.96. The lowest BCUT2D eigenvalue weighted by Gasteiger charge is -2.08. The normalized spacial score (nSPS) is 11.9. The summed E-state index contributed by atoms with van der Waals surface area (Å²) in [6, 6.07) is 13.1. The molecule has 2 aromatic rings. The van der Waals surface area contributed by atoms with Crippen molar-refractivity contribution in [3.63, 3.8) is 0 Å². The first-order chi connectivity index (χ1) is 12.1. The maximum Gasteiger partial charge on any atom is 0.310 e. The molecule has 0 radical (unpaired) electrons. The number of carbonyl (C=O) groups excluding carboxylic acids is 2. The second-order valence-electron chi connectivity index (χ2n) is 5.79. The monoisotopic (exact) mass is 341 g/mol. The standard InChI is InChI=1S/C19H19NO5/c1-13-3-2-4-14(7-13)9-19(22)23-11-18(21)20-10-15-5-6-16-17(8-15)25-12-24-16/h2-8H,9-12H2,1H3,(H,20,21). The second-order valence-corrected chi connectivity index (χ2v) is 5.79. The van der Waals surface area contributed by atoms with E-state index in [0.717, 1.165) is 16.7 Å². The van der Waals surface area contributed by atoms with Crippen molar-refractivity contribution in [1.29, 1.82) is 0 Å². The molecule has 0 saturated heterocycles. The van der Waals surface area contributed by atoms with Crippen LogP contribution in [0.25, 0.3) is 0 Å². The minimum Gasteiger partial charge on any atom is -0.455 e. The summed E-state index contributed by atoms with van der Waals surface area (Å²) in [6.07, 6.45) is 0.150. The highest BCUT2D eigenvalue weighted by atomic mass is 16.7. The van der Waals surface area contributed by atoms with Crippen LogP contribution < -0.4 is 14.8 Å². The fourth-order valence-electron chi connectivity index (χ4n) is 2.49. The van der Waals surface area contributed by atoms with Crippen molar-refractivity contribution in [2.45, 2.75) is 19.9 Å². The quantitative estimate of drug-likeness (QED) is 0.815. The maximum absolute atomic E-state index is 11.8. The molecular weight excluding hydrogens is 322 g/mol. The van der Waals surface area contributed by atoms with Gasteiger partial charge in [-0.25, -0.2) is 0 Å². The Morgan fingerprint density at radius 1 is 1.08 bits per heavy atom. The van der Waals surface area contributed by atoms with Gasteiger partial charge in [-0.1, -0.05) is 35.9 Å². The van der Waals surface area contributed by atoms with E-state index in [1.165, 1.54) is 0 Å². The number of benzene rings is 2. The predicted molar refractivity (Wildman–Crippen MR) is 90.3 cm³/mol. The first kappa shape index (κ1) is 16.8. The van der Waals surface area contributed by atoms with Gasteiger partial charge in [-0.05, 0) is 30.2 Å². The maximum atomic E-state index is 11.8. The fraction of sp³-hybridized carbons (Fsp3) is 0.263. The largest absolute Gasteiger partial charge is 0.455 e. The first-order valence-corrected chi connectivity index (χ1v) is 7.96. The molecule has 0 aliphatic carbocycles. The average molecular weight is 341 g/mol. The Bertz CT molecular complexity index is 787. The third-order valence-electron chi connectivity index (χ3n) is 3.72. The number of nitrogens with one attached hydrogen (secondary N) is 1. The van der Waals surface area contributed by atoms with Crippen LogP contribution in [0.15, 0.2) is 42.5 Å². The molecule has 1 aliphatic rings. The van der Waals surface area contributed by atoms with Gasteiger partial charge in [0, 0.05) is 6.54 Å². The van der Waals surface area contributed by atoms with Crippen molar-refractivity contribution in [3.05, 3.63) is 59.2 Å². The molecule has 6 heteroatoms. The van der Waals surface area contributed by atoms with Gasteiger partial charge < -0.3 is 19.5 Å². The molecule has 0 unspecified atom stereocenters. The highest BCUT2D eigenvalue weighted by Crippen LogP contribution is 2.32. The predicted octanol–water partition coefficient (Wildman–Crippen LogP) is 2.13. The third kappa shape index (κ3) is 4.73. The molecule has 2 aromatic carbocycles. The molecule has 1 amide bonds. The molecule has 0 saturated carbocycles. The molecule has 0 bridgehead atoms. The van der Waals surface area contributed by atoms with Crippen LogP contribution >= 0.6 is 0 Å². The number of amides is 1. The summed E-state index contributed by atoms with van der Waals surface area (Å²) in [4.78, 5) is 23.6. The van der Waals surface area contributed by atoms with Gasteiger partial charge in [0.1, 0.15) is 0 Å². The molecule has 0 spiro atoms. The Kier molecular flexibility index (Phi) is 5.18. The lowest BCUT2D eigenvalue weighted by Crippen LogP contribution is -2.28.